The van der Waals surface area contributed by atoms with Gasteiger partial charge in [0, 0.05) is 12.8 Å². The van der Waals surface area contributed by atoms with Gasteiger partial charge in [-0.05, 0) is 25.5 Å². The van der Waals surface area contributed by atoms with Crippen molar-refractivity contribution in [2.24, 2.45) is 0 Å². The minimum Gasteiger partial charge on any atom is -0.379 e. The number of ether oxygens (including phenoxy) is 1. The Labute approximate surface area is 93.2 Å². The molecule has 1 unspecified atom stereocenters. The molecule has 0 bridgehead atoms. The van der Waals surface area contributed by atoms with Crippen LogP contribution in [0.2, 0.25) is 0 Å². The molecular formula is C11H14N4O. The quantitative estimate of drug-likeness (QED) is 0.779. The number of hydrogen-bond acceptors (Lipinski definition) is 4. The molecule has 2 aromatic heterocycles. The molecule has 5 nitrogen and oxygen atoms in total. The molecule has 0 radical (unpaired) electrons. The van der Waals surface area contributed by atoms with Crippen LogP contribution in [0.25, 0.3) is 11.2 Å². The van der Waals surface area contributed by atoms with Gasteiger partial charge in [0.2, 0.25) is 5.95 Å². The predicted molar refractivity (Wildman–Crippen MR) is 61.0 cm³/mol. The SMILES string of the molecule is CC1(n2c(N)nc3cccnc32)CCOC1. The number of nitrogen functional groups attached to an aromatic ring is 1. The fourth-order valence-corrected chi connectivity index (χ4v) is 2.29. The number of imidazole rings is 1. The molecule has 1 atom stereocenters. The van der Waals surface area contributed by atoms with E-state index in [1.165, 1.54) is 0 Å². The normalized spacial score (nSPS) is 25.3. The van der Waals surface area contributed by atoms with Crippen molar-refractivity contribution in [2.75, 3.05) is 18.9 Å². The van der Waals surface area contributed by atoms with Crippen molar-refractivity contribution in [3.05, 3.63) is 18.3 Å². The van der Waals surface area contributed by atoms with Crippen molar-refractivity contribution < 1.29 is 4.74 Å². The van der Waals surface area contributed by atoms with E-state index in [9.17, 15) is 0 Å². The van der Waals surface area contributed by atoms with E-state index in [1.54, 1.807) is 6.20 Å². The lowest BCUT2D eigenvalue weighted by Crippen LogP contribution is -2.31. The number of anilines is 1. The van der Waals surface area contributed by atoms with Gasteiger partial charge in [0.25, 0.3) is 0 Å². The van der Waals surface area contributed by atoms with E-state index in [2.05, 4.69) is 16.9 Å². The number of rotatable bonds is 1. The number of fused-ring (bicyclic) bond motifs is 1. The van der Waals surface area contributed by atoms with Crippen LogP contribution in [-0.2, 0) is 10.3 Å². The van der Waals surface area contributed by atoms with Crippen LogP contribution in [0.15, 0.2) is 18.3 Å². The van der Waals surface area contributed by atoms with Crippen molar-refractivity contribution in [3.8, 4) is 0 Å². The maximum Gasteiger partial charge on any atom is 0.203 e. The smallest absolute Gasteiger partial charge is 0.203 e. The summed E-state index contributed by atoms with van der Waals surface area (Å²) in [6, 6.07) is 3.79. The highest BCUT2D eigenvalue weighted by molar-refractivity contribution is 5.74. The lowest BCUT2D eigenvalue weighted by molar-refractivity contribution is 0.164. The van der Waals surface area contributed by atoms with Gasteiger partial charge < -0.3 is 10.5 Å². The van der Waals surface area contributed by atoms with E-state index in [0.29, 0.717) is 12.6 Å². The molecular weight excluding hydrogens is 204 g/mol. The van der Waals surface area contributed by atoms with Crippen LogP contribution in [0.3, 0.4) is 0 Å². The van der Waals surface area contributed by atoms with Crippen molar-refractivity contribution in [1.29, 1.82) is 0 Å². The monoisotopic (exact) mass is 218 g/mol. The third kappa shape index (κ3) is 1.21. The molecule has 0 amide bonds. The lowest BCUT2D eigenvalue weighted by atomic mass is 10.0. The summed E-state index contributed by atoms with van der Waals surface area (Å²) in [6.45, 7) is 3.56. The maximum absolute atomic E-state index is 5.97. The molecule has 0 aliphatic carbocycles. The van der Waals surface area contributed by atoms with E-state index in [1.807, 2.05) is 16.7 Å². The van der Waals surface area contributed by atoms with Crippen molar-refractivity contribution >= 4 is 17.1 Å². The van der Waals surface area contributed by atoms with E-state index < -0.39 is 0 Å². The average Bonchev–Trinajstić information content (AvgIpc) is 2.81. The first-order valence-electron chi connectivity index (χ1n) is 5.38. The molecule has 0 saturated carbocycles. The summed E-state index contributed by atoms with van der Waals surface area (Å²) in [5.41, 5.74) is 7.54. The fourth-order valence-electron chi connectivity index (χ4n) is 2.29. The second-order valence-electron chi connectivity index (χ2n) is 4.45. The second-order valence-corrected chi connectivity index (χ2v) is 4.45. The van der Waals surface area contributed by atoms with Gasteiger partial charge in [0.05, 0.1) is 12.1 Å². The third-order valence-electron chi connectivity index (χ3n) is 3.18. The zero-order chi connectivity index (χ0) is 11.2. The topological polar surface area (TPSA) is 66.0 Å². The Morgan fingerprint density at radius 1 is 1.56 bits per heavy atom. The van der Waals surface area contributed by atoms with Gasteiger partial charge in [0.15, 0.2) is 5.65 Å². The summed E-state index contributed by atoms with van der Waals surface area (Å²) >= 11 is 0. The molecule has 1 aliphatic rings. The molecule has 1 saturated heterocycles. The van der Waals surface area contributed by atoms with Gasteiger partial charge in [-0.2, -0.15) is 0 Å². The molecule has 84 valence electrons. The molecule has 5 heteroatoms. The molecule has 0 spiro atoms. The molecule has 0 aromatic carbocycles. The summed E-state index contributed by atoms with van der Waals surface area (Å²) in [6.07, 6.45) is 2.71. The average molecular weight is 218 g/mol. The third-order valence-corrected chi connectivity index (χ3v) is 3.18. The summed E-state index contributed by atoms with van der Waals surface area (Å²) in [5, 5.41) is 0. The molecule has 3 heterocycles. The Bertz CT molecular complexity index is 528. The van der Waals surface area contributed by atoms with E-state index in [-0.39, 0.29) is 5.54 Å². The second kappa shape index (κ2) is 3.18. The van der Waals surface area contributed by atoms with Crippen LogP contribution in [0.5, 0.6) is 0 Å². The van der Waals surface area contributed by atoms with Crippen molar-refractivity contribution in [1.82, 2.24) is 14.5 Å². The fraction of sp³-hybridized carbons (Fsp3) is 0.455. The molecule has 1 fully saturated rings. The molecule has 1 aliphatic heterocycles. The number of nitrogens with two attached hydrogens (primary N) is 1. The van der Waals surface area contributed by atoms with Gasteiger partial charge >= 0.3 is 0 Å². The summed E-state index contributed by atoms with van der Waals surface area (Å²) < 4.78 is 7.45. The Balaban J connectivity index is 2.26. The van der Waals surface area contributed by atoms with Crippen molar-refractivity contribution in [2.45, 2.75) is 18.9 Å². The van der Waals surface area contributed by atoms with E-state index in [0.717, 1.165) is 24.2 Å². The Kier molecular flexibility index (Phi) is 1.91. The van der Waals surface area contributed by atoms with Crippen LogP contribution in [-0.4, -0.2) is 27.7 Å². The maximum atomic E-state index is 5.97. The van der Waals surface area contributed by atoms with Crippen LogP contribution in [0, 0.1) is 0 Å². The van der Waals surface area contributed by atoms with Crippen LogP contribution < -0.4 is 5.73 Å². The van der Waals surface area contributed by atoms with Crippen LogP contribution in [0.4, 0.5) is 5.95 Å². The molecule has 16 heavy (non-hydrogen) atoms. The Hall–Kier alpha value is -1.62. The largest absolute Gasteiger partial charge is 0.379 e. The van der Waals surface area contributed by atoms with Crippen LogP contribution >= 0.6 is 0 Å². The van der Waals surface area contributed by atoms with Crippen LogP contribution in [0.1, 0.15) is 13.3 Å². The zero-order valence-electron chi connectivity index (χ0n) is 9.18. The molecule has 2 N–H and O–H groups in total. The first-order valence-corrected chi connectivity index (χ1v) is 5.38. The minimum absolute atomic E-state index is 0.118. The Morgan fingerprint density at radius 2 is 2.44 bits per heavy atom. The van der Waals surface area contributed by atoms with Gasteiger partial charge in [-0.15, -0.1) is 0 Å². The number of pyridine rings is 1. The highest BCUT2D eigenvalue weighted by Crippen LogP contribution is 2.32. The number of nitrogens with zero attached hydrogens (tertiary/aromatic N) is 3. The molecule has 2 aromatic rings. The first-order chi connectivity index (χ1) is 7.71. The zero-order valence-corrected chi connectivity index (χ0v) is 9.18. The number of hydrogen-bond donors (Lipinski definition) is 1. The van der Waals surface area contributed by atoms with E-state index >= 15 is 0 Å². The minimum atomic E-state index is -0.118. The highest BCUT2D eigenvalue weighted by Gasteiger charge is 2.34. The van der Waals surface area contributed by atoms with Gasteiger partial charge in [-0.1, -0.05) is 0 Å². The summed E-state index contributed by atoms with van der Waals surface area (Å²) in [7, 11) is 0. The Morgan fingerprint density at radius 3 is 3.19 bits per heavy atom. The van der Waals surface area contributed by atoms with E-state index in [4.69, 9.17) is 10.5 Å². The summed E-state index contributed by atoms with van der Waals surface area (Å²) in [4.78, 5) is 8.68. The standard InChI is InChI=1S/C11H14N4O/c1-11(4-6-16-7-11)15-9-8(14-10(15)12)3-2-5-13-9/h2-3,5H,4,6-7H2,1H3,(H2,12,14). The van der Waals surface area contributed by atoms with Crippen molar-refractivity contribution in [3.63, 3.8) is 0 Å². The number of aromatic nitrogens is 3. The highest BCUT2D eigenvalue weighted by atomic mass is 16.5. The molecule has 3 rings (SSSR count). The summed E-state index contributed by atoms with van der Waals surface area (Å²) in [5.74, 6) is 0.515. The predicted octanol–water partition coefficient (Wildman–Crippen LogP) is 1.15. The van der Waals surface area contributed by atoms with Gasteiger partial charge in [-0.25, -0.2) is 9.97 Å². The van der Waals surface area contributed by atoms with Gasteiger partial charge in [0.1, 0.15) is 5.52 Å². The first kappa shape index (κ1) is 9.59. The van der Waals surface area contributed by atoms with Gasteiger partial charge in [-0.3, -0.25) is 4.57 Å². The lowest BCUT2D eigenvalue weighted by Gasteiger charge is -2.25.